The van der Waals surface area contributed by atoms with Gasteiger partial charge in [0.05, 0.1) is 12.1 Å². The number of carbonyl (C=O) groups excluding carboxylic acids is 1. The standard InChI is InChI=1S/C11H10N2O2S/c1-15-11(14)9(7-12)10(13)16-8-5-3-2-4-6-8/h2-6H,13H2,1H3/b10-9+. The highest BCUT2D eigenvalue weighted by molar-refractivity contribution is 8.03. The molecule has 16 heavy (non-hydrogen) atoms. The maximum Gasteiger partial charge on any atom is 0.351 e. The highest BCUT2D eigenvalue weighted by Gasteiger charge is 2.14. The lowest BCUT2D eigenvalue weighted by Gasteiger charge is -2.03. The molecule has 0 saturated carbocycles. The van der Waals surface area contributed by atoms with Crippen LogP contribution in [0.4, 0.5) is 0 Å². The first-order valence-corrected chi connectivity index (χ1v) is 5.21. The number of nitriles is 1. The van der Waals surface area contributed by atoms with Crippen LogP contribution in [0.5, 0.6) is 0 Å². The fourth-order valence-electron chi connectivity index (χ4n) is 0.970. The van der Waals surface area contributed by atoms with Crippen LogP contribution in [0.3, 0.4) is 0 Å². The Kier molecular flexibility index (Phi) is 4.42. The van der Waals surface area contributed by atoms with Crippen molar-refractivity contribution in [3.63, 3.8) is 0 Å². The lowest BCUT2D eigenvalue weighted by atomic mass is 10.3. The van der Waals surface area contributed by atoms with E-state index in [4.69, 9.17) is 11.0 Å². The van der Waals surface area contributed by atoms with Gasteiger partial charge in [0.2, 0.25) is 0 Å². The summed E-state index contributed by atoms with van der Waals surface area (Å²) in [7, 11) is 1.21. The Balaban J connectivity index is 2.92. The van der Waals surface area contributed by atoms with Gasteiger partial charge in [-0.25, -0.2) is 4.79 Å². The van der Waals surface area contributed by atoms with E-state index in [-0.39, 0.29) is 10.6 Å². The van der Waals surface area contributed by atoms with Crippen LogP contribution in [-0.2, 0) is 9.53 Å². The van der Waals surface area contributed by atoms with Gasteiger partial charge < -0.3 is 10.5 Å². The lowest BCUT2D eigenvalue weighted by molar-refractivity contribution is -0.135. The quantitative estimate of drug-likeness (QED) is 0.372. The molecule has 2 N–H and O–H groups in total. The summed E-state index contributed by atoms with van der Waals surface area (Å²) in [6, 6.07) is 11.0. The van der Waals surface area contributed by atoms with Gasteiger partial charge in [-0.1, -0.05) is 30.0 Å². The van der Waals surface area contributed by atoms with E-state index in [0.29, 0.717) is 0 Å². The smallest absolute Gasteiger partial charge is 0.351 e. The van der Waals surface area contributed by atoms with Crippen molar-refractivity contribution in [3.8, 4) is 6.07 Å². The van der Waals surface area contributed by atoms with Gasteiger partial charge in [-0.05, 0) is 12.1 Å². The second kappa shape index (κ2) is 5.83. The molecule has 0 fully saturated rings. The fraction of sp³-hybridized carbons (Fsp3) is 0.0909. The number of thioether (sulfide) groups is 1. The van der Waals surface area contributed by atoms with Crippen LogP contribution < -0.4 is 5.73 Å². The average molecular weight is 234 g/mol. The molecule has 0 atom stereocenters. The van der Waals surface area contributed by atoms with Crippen molar-refractivity contribution >= 4 is 17.7 Å². The van der Waals surface area contributed by atoms with E-state index in [1.807, 2.05) is 30.3 Å². The number of carbonyl (C=O) groups is 1. The Morgan fingerprint density at radius 3 is 2.56 bits per heavy atom. The number of hydrogen-bond donors (Lipinski definition) is 1. The monoisotopic (exact) mass is 234 g/mol. The molecule has 0 saturated heterocycles. The van der Waals surface area contributed by atoms with Crippen molar-refractivity contribution in [3.05, 3.63) is 40.9 Å². The Labute approximate surface area is 97.7 Å². The number of ether oxygens (including phenoxy) is 1. The summed E-state index contributed by atoms with van der Waals surface area (Å²) in [5, 5.41) is 8.91. The summed E-state index contributed by atoms with van der Waals surface area (Å²) in [5.74, 6) is -0.719. The molecule has 1 aromatic carbocycles. The minimum atomic E-state index is -0.719. The normalized spacial score (nSPS) is 11.2. The number of esters is 1. The van der Waals surface area contributed by atoms with E-state index in [2.05, 4.69) is 4.74 Å². The zero-order chi connectivity index (χ0) is 12.0. The highest BCUT2D eigenvalue weighted by atomic mass is 32.2. The molecule has 4 nitrogen and oxygen atoms in total. The summed E-state index contributed by atoms with van der Waals surface area (Å²) in [6.07, 6.45) is 0. The van der Waals surface area contributed by atoms with E-state index < -0.39 is 5.97 Å². The predicted molar refractivity (Wildman–Crippen MR) is 61.1 cm³/mol. The lowest BCUT2D eigenvalue weighted by Crippen LogP contribution is -2.09. The summed E-state index contributed by atoms with van der Waals surface area (Å²) < 4.78 is 4.45. The van der Waals surface area contributed by atoms with Gasteiger partial charge in [0.1, 0.15) is 6.07 Å². The SMILES string of the molecule is COC(=O)/C(C#N)=C(\N)Sc1ccccc1. The molecular weight excluding hydrogens is 224 g/mol. The van der Waals surface area contributed by atoms with Crippen molar-refractivity contribution in [2.24, 2.45) is 5.73 Å². The van der Waals surface area contributed by atoms with Gasteiger partial charge in [0, 0.05) is 4.90 Å². The van der Waals surface area contributed by atoms with Gasteiger partial charge in [0.25, 0.3) is 0 Å². The maximum atomic E-state index is 11.2. The van der Waals surface area contributed by atoms with Gasteiger partial charge in [-0.3, -0.25) is 0 Å². The van der Waals surface area contributed by atoms with E-state index >= 15 is 0 Å². The molecule has 0 heterocycles. The molecule has 0 aromatic heterocycles. The number of nitrogens with zero attached hydrogens (tertiary/aromatic N) is 1. The van der Waals surface area contributed by atoms with E-state index in [0.717, 1.165) is 16.7 Å². The molecule has 0 aliphatic heterocycles. The summed E-state index contributed by atoms with van der Waals surface area (Å²) in [4.78, 5) is 12.0. The van der Waals surface area contributed by atoms with Crippen LogP contribution >= 0.6 is 11.8 Å². The van der Waals surface area contributed by atoms with E-state index in [9.17, 15) is 4.79 Å². The average Bonchev–Trinajstić information content (AvgIpc) is 2.31. The summed E-state index contributed by atoms with van der Waals surface area (Å²) >= 11 is 1.15. The largest absolute Gasteiger partial charge is 0.465 e. The van der Waals surface area contributed by atoms with Crippen LogP contribution in [0, 0.1) is 11.3 Å². The number of rotatable bonds is 3. The second-order valence-corrected chi connectivity index (χ2v) is 3.87. The maximum absolute atomic E-state index is 11.2. The summed E-state index contributed by atoms with van der Waals surface area (Å²) in [5.41, 5.74) is 5.49. The van der Waals surface area contributed by atoms with Crippen molar-refractivity contribution < 1.29 is 9.53 Å². The van der Waals surface area contributed by atoms with Gasteiger partial charge in [-0.15, -0.1) is 0 Å². The first-order chi connectivity index (χ1) is 7.69. The van der Waals surface area contributed by atoms with Crippen molar-refractivity contribution in [2.45, 2.75) is 4.90 Å². The van der Waals surface area contributed by atoms with E-state index in [1.165, 1.54) is 7.11 Å². The number of methoxy groups -OCH3 is 1. The van der Waals surface area contributed by atoms with Gasteiger partial charge in [-0.2, -0.15) is 5.26 Å². The Bertz CT molecular complexity index is 449. The number of nitrogens with two attached hydrogens (primary N) is 1. The highest BCUT2D eigenvalue weighted by Crippen LogP contribution is 2.24. The number of benzene rings is 1. The van der Waals surface area contributed by atoms with Crippen LogP contribution in [0.15, 0.2) is 45.8 Å². The Morgan fingerprint density at radius 2 is 2.06 bits per heavy atom. The minimum absolute atomic E-state index is 0.139. The molecule has 82 valence electrons. The molecule has 0 bridgehead atoms. The first-order valence-electron chi connectivity index (χ1n) is 4.40. The van der Waals surface area contributed by atoms with E-state index in [1.54, 1.807) is 6.07 Å². The molecule has 0 unspecified atom stereocenters. The Hall–Kier alpha value is -1.93. The predicted octanol–water partition coefficient (Wildman–Crippen LogP) is 1.65. The molecule has 0 aliphatic rings. The molecule has 5 heteroatoms. The zero-order valence-electron chi connectivity index (χ0n) is 8.64. The Morgan fingerprint density at radius 1 is 1.44 bits per heavy atom. The van der Waals surface area contributed by atoms with Gasteiger partial charge in [0.15, 0.2) is 5.57 Å². The molecule has 1 rings (SSSR count). The van der Waals surface area contributed by atoms with Gasteiger partial charge >= 0.3 is 5.97 Å². The fourth-order valence-corrected chi connectivity index (χ4v) is 1.75. The third-order valence-corrected chi connectivity index (χ3v) is 2.65. The summed E-state index contributed by atoms with van der Waals surface area (Å²) in [6.45, 7) is 0. The molecule has 0 amide bonds. The zero-order valence-corrected chi connectivity index (χ0v) is 9.45. The van der Waals surface area contributed by atoms with Crippen LogP contribution in [0.2, 0.25) is 0 Å². The third-order valence-electron chi connectivity index (χ3n) is 1.72. The molecule has 1 aromatic rings. The molecule has 0 radical (unpaired) electrons. The molecule has 0 spiro atoms. The molecule has 0 aliphatic carbocycles. The van der Waals surface area contributed by atoms with Crippen molar-refractivity contribution in [1.29, 1.82) is 5.26 Å². The molecular formula is C11H10N2O2S. The topological polar surface area (TPSA) is 76.1 Å². The first kappa shape index (κ1) is 12.1. The van der Waals surface area contributed by atoms with Crippen molar-refractivity contribution in [1.82, 2.24) is 0 Å². The van der Waals surface area contributed by atoms with Crippen LogP contribution in [0.25, 0.3) is 0 Å². The second-order valence-electron chi connectivity index (χ2n) is 2.76. The van der Waals surface area contributed by atoms with Crippen molar-refractivity contribution in [2.75, 3.05) is 7.11 Å². The minimum Gasteiger partial charge on any atom is -0.465 e. The van der Waals surface area contributed by atoms with Crippen LogP contribution in [0.1, 0.15) is 0 Å². The van der Waals surface area contributed by atoms with Crippen LogP contribution in [-0.4, -0.2) is 13.1 Å². The number of hydrogen-bond acceptors (Lipinski definition) is 5. The third kappa shape index (κ3) is 3.04.